The first kappa shape index (κ1) is 16.4. The highest BCUT2D eigenvalue weighted by atomic mass is 79.9. The van der Waals surface area contributed by atoms with Gasteiger partial charge in [-0.2, -0.15) is 0 Å². The first-order valence-electron chi connectivity index (χ1n) is 7.94. The lowest BCUT2D eigenvalue weighted by Crippen LogP contribution is -2.58. The summed E-state index contributed by atoms with van der Waals surface area (Å²) in [6, 6.07) is 4.23. The number of rotatable bonds is 2. The molecule has 4 nitrogen and oxygen atoms in total. The molecule has 1 N–H and O–H groups in total. The Kier molecular flexibility index (Phi) is 4.21. The number of nitrogens with zero attached hydrogens (tertiary/aromatic N) is 1. The molecule has 1 heterocycles. The second kappa shape index (κ2) is 5.89. The Bertz CT molecular complexity index is 654. The number of hydrogen-bond donors (Lipinski definition) is 1. The number of nitrogens with one attached hydrogen (secondary N) is 1. The molecule has 2 aliphatic rings. The van der Waals surface area contributed by atoms with Crippen LogP contribution in [0.25, 0.3) is 0 Å². The maximum absolute atomic E-state index is 14.0. The lowest BCUT2D eigenvalue weighted by Gasteiger charge is -2.42. The van der Waals surface area contributed by atoms with Crippen molar-refractivity contribution < 1.29 is 14.0 Å². The Morgan fingerprint density at radius 2 is 1.96 bits per heavy atom. The molecule has 2 fully saturated rings. The number of hydrogen-bond acceptors (Lipinski definition) is 2. The summed E-state index contributed by atoms with van der Waals surface area (Å²) < 4.78 is 14.7. The van der Waals surface area contributed by atoms with Gasteiger partial charge in [-0.25, -0.2) is 9.18 Å². The number of carbonyl (C=O) groups is 2. The Balaban J connectivity index is 1.89. The van der Waals surface area contributed by atoms with Crippen LogP contribution in [0.3, 0.4) is 0 Å². The van der Waals surface area contributed by atoms with Crippen molar-refractivity contribution in [2.24, 2.45) is 11.8 Å². The van der Waals surface area contributed by atoms with Gasteiger partial charge in [-0.05, 0) is 36.8 Å². The molecule has 0 bridgehead atoms. The lowest BCUT2D eigenvalue weighted by molar-refractivity contribution is -0.137. The van der Waals surface area contributed by atoms with Crippen LogP contribution in [0.4, 0.5) is 9.18 Å². The van der Waals surface area contributed by atoms with E-state index in [1.807, 2.05) is 13.8 Å². The Hall–Kier alpha value is -1.43. The van der Waals surface area contributed by atoms with E-state index in [2.05, 4.69) is 21.2 Å². The van der Waals surface area contributed by atoms with Crippen molar-refractivity contribution in [2.75, 3.05) is 0 Å². The highest BCUT2D eigenvalue weighted by Gasteiger charge is 2.58. The number of benzene rings is 1. The Morgan fingerprint density at radius 3 is 2.57 bits per heavy atom. The molecule has 2 unspecified atom stereocenters. The Labute approximate surface area is 143 Å². The van der Waals surface area contributed by atoms with Gasteiger partial charge in [0.2, 0.25) is 0 Å². The van der Waals surface area contributed by atoms with Crippen molar-refractivity contribution in [3.05, 3.63) is 34.1 Å². The van der Waals surface area contributed by atoms with Gasteiger partial charge < -0.3 is 5.32 Å². The van der Waals surface area contributed by atoms with Crippen LogP contribution in [0, 0.1) is 17.7 Å². The van der Waals surface area contributed by atoms with E-state index in [9.17, 15) is 14.0 Å². The summed E-state index contributed by atoms with van der Waals surface area (Å²) in [7, 11) is 0. The smallest absolute Gasteiger partial charge is 0.323 e. The summed E-state index contributed by atoms with van der Waals surface area (Å²) >= 11 is 3.21. The van der Waals surface area contributed by atoms with Crippen LogP contribution < -0.4 is 5.32 Å². The topological polar surface area (TPSA) is 49.4 Å². The third-order valence-corrected chi connectivity index (χ3v) is 5.82. The molecular weight excluding hydrogens is 363 g/mol. The van der Waals surface area contributed by atoms with Crippen LogP contribution in [-0.4, -0.2) is 22.4 Å². The molecule has 23 heavy (non-hydrogen) atoms. The van der Waals surface area contributed by atoms with E-state index in [1.165, 1.54) is 6.07 Å². The molecule has 1 aromatic rings. The van der Waals surface area contributed by atoms with Gasteiger partial charge in [-0.3, -0.25) is 9.69 Å². The Morgan fingerprint density at radius 1 is 1.30 bits per heavy atom. The van der Waals surface area contributed by atoms with Gasteiger partial charge in [0, 0.05) is 10.0 Å². The second-order valence-corrected chi connectivity index (χ2v) is 7.57. The van der Waals surface area contributed by atoms with Crippen molar-refractivity contribution in [1.82, 2.24) is 10.2 Å². The van der Waals surface area contributed by atoms with Crippen LogP contribution in [0.5, 0.6) is 0 Å². The first-order chi connectivity index (χ1) is 10.9. The summed E-state index contributed by atoms with van der Waals surface area (Å²) in [5.41, 5.74) is -0.494. The second-order valence-electron chi connectivity index (χ2n) is 6.66. The fourth-order valence-electron chi connectivity index (χ4n) is 3.92. The van der Waals surface area contributed by atoms with Crippen molar-refractivity contribution in [3.8, 4) is 0 Å². The predicted octanol–water partition coefficient (Wildman–Crippen LogP) is 3.83. The minimum absolute atomic E-state index is 0.0367. The van der Waals surface area contributed by atoms with Crippen molar-refractivity contribution in [3.63, 3.8) is 0 Å². The monoisotopic (exact) mass is 382 g/mol. The summed E-state index contributed by atoms with van der Waals surface area (Å²) in [6.07, 6.45) is 2.89. The largest absolute Gasteiger partial charge is 0.325 e. The number of urea groups is 1. The molecule has 1 saturated carbocycles. The average molecular weight is 383 g/mol. The molecule has 2 atom stereocenters. The molecular formula is C17H20BrFN2O2. The zero-order valence-electron chi connectivity index (χ0n) is 13.2. The average Bonchev–Trinajstić information content (AvgIpc) is 2.73. The van der Waals surface area contributed by atoms with Crippen LogP contribution in [-0.2, 0) is 11.3 Å². The van der Waals surface area contributed by atoms with E-state index in [4.69, 9.17) is 0 Å². The first-order valence-corrected chi connectivity index (χ1v) is 8.73. The number of carbonyl (C=O) groups excluding carboxylic acids is 2. The molecule has 3 rings (SSSR count). The lowest BCUT2D eigenvalue weighted by atomic mass is 9.67. The van der Waals surface area contributed by atoms with Gasteiger partial charge in [-0.1, -0.05) is 42.3 Å². The molecule has 124 valence electrons. The van der Waals surface area contributed by atoms with E-state index in [-0.39, 0.29) is 24.3 Å². The van der Waals surface area contributed by atoms with E-state index in [0.717, 1.165) is 24.2 Å². The highest BCUT2D eigenvalue weighted by Crippen LogP contribution is 2.42. The maximum Gasteiger partial charge on any atom is 0.325 e. The number of halogens is 2. The third kappa shape index (κ3) is 2.57. The summed E-state index contributed by atoms with van der Waals surface area (Å²) in [5, 5.41) is 2.93. The van der Waals surface area contributed by atoms with E-state index in [0.29, 0.717) is 10.0 Å². The van der Waals surface area contributed by atoms with E-state index >= 15 is 0 Å². The van der Waals surface area contributed by atoms with E-state index < -0.39 is 17.4 Å². The van der Waals surface area contributed by atoms with Gasteiger partial charge in [0.05, 0.1) is 6.54 Å². The molecule has 1 aliphatic carbocycles. The summed E-state index contributed by atoms with van der Waals surface area (Å²) in [4.78, 5) is 26.6. The molecule has 1 aromatic carbocycles. The van der Waals surface area contributed by atoms with Gasteiger partial charge in [0.25, 0.3) is 5.91 Å². The van der Waals surface area contributed by atoms with Gasteiger partial charge in [0.1, 0.15) is 11.4 Å². The molecule has 0 aromatic heterocycles. The minimum atomic E-state index is -0.832. The van der Waals surface area contributed by atoms with Gasteiger partial charge in [-0.15, -0.1) is 0 Å². The SMILES string of the molecule is CC1CCCC(C)C12NC(=O)N(Cc1ccc(Br)cc1F)C2=O. The predicted molar refractivity (Wildman–Crippen MR) is 88.1 cm³/mol. The normalized spacial score (nSPS) is 30.9. The zero-order valence-corrected chi connectivity index (χ0v) is 14.8. The summed E-state index contributed by atoms with van der Waals surface area (Å²) in [6.45, 7) is 3.99. The van der Waals surface area contributed by atoms with E-state index in [1.54, 1.807) is 12.1 Å². The van der Waals surface area contributed by atoms with Crippen molar-refractivity contribution in [2.45, 2.75) is 45.2 Å². The number of imide groups is 1. The van der Waals surface area contributed by atoms with Crippen LogP contribution in [0.2, 0.25) is 0 Å². The molecule has 1 saturated heterocycles. The standard InChI is InChI=1S/C17H20BrFN2O2/c1-10-4-3-5-11(2)17(10)15(22)21(16(23)20-17)9-12-6-7-13(18)8-14(12)19/h6-8,10-11H,3-5,9H2,1-2H3,(H,20,23). The molecule has 1 spiro atoms. The van der Waals surface area contributed by atoms with Crippen molar-refractivity contribution >= 4 is 27.9 Å². The van der Waals surface area contributed by atoms with Crippen LogP contribution >= 0.6 is 15.9 Å². The quantitative estimate of drug-likeness (QED) is 0.790. The molecule has 6 heteroatoms. The third-order valence-electron chi connectivity index (χ3n) is 5.33. The van der Waals surface area contributed by atoms with Crippen LogP contribution in [0.1, 0.15) is 38.7 Å². The molecule has 0 radical (unpaired) electrons. The fraction of sp³-hybridized carbons (Fsp3) is 0.529. The highest BCUT2D eigenvalue weighted by molar-refractivity contribution is 9.10. The molecule has 3 amide bonds. The maximum atomic E-state index is 14.0. The zero-order chi connectivity index (χ0) is 16.8. The summed E-state index contributed by atoms with van der Waals surface area (Å²) in [5.74, 6) is -0.472. The number of amides is 3. The van der Waals surface area contributed by atoms with Gasteiger partial charge in [0.15, 0.2) is 0 Å². The van der Waals surface area contributed by atoms with Crippen LogP contribution in [0.15, 0.2) is 22.7 Å². The molecule has 1 aliphatic heterocycles. The fourth-order valence-corrected chi connectivity index (χ4v) is 4.25. The van der Waals surface area contributed by atoms with Crippen molar-refractivity contribution in [1.29, 1.82) is 0 Å². The van der Waals surface area contributed by atoms with Gasteiger partial charge >= 0.3 is 6.03 Å². The minimum Gasteiger partial charge on any atom is -0.323 e.